The van der Waals surface area contributed by atoms with Crippen LogP contribution in [-0.4, -0.2) is 34.0 Å². The Morgan fingerprint density at radius 2 is 2.31 bits per heavy atom. The lowest BCUT2D eigenvalue weighted by atomic mass is 9.82. The average Bonchev–Trinajstić information content (AvgIpc) is 3.08. The van der Waals surface area contributed by atoms with Crippen LogP contribution in [0.25, 0.3) is 0 Å². The van der Waals surface area contributed by atoms with Crippen LogP contribution in [0.4, 0.5) is 0 Å². The lowest BCUT2D eigenvalue weighted by Crippen LogP contribution is -2.39. The lowest BCUT2D eigenvalue weighted by Gasteiger charge is -2.38. The number of aromatic nitrogens is 1. The Morgan fingerprint density at radius 1 is 1.45 bits per heavy atom. The Balaban J connectivity index is 1.42. The number of carbonyl (C=O) groups is 1. The van der Waals surface area contributed by atoms with Crippen molar-refractivity contribution in [2.45, 2.75) is 43.9 Å². The second-order valence-electron chi connectivity index (χ2n) is 7.52. The molecule has 3 heterocycles. The smallest absolute Gasteiger partial charge is 0.270 e. The van der Waals surface area contributed by atoms with Gasteiger partial charge >= 0.3 is 0 Å². The first kappa shape index (κ1) is 20.2. The Kier molecular flexibility index (Phi) is 5.83. The maximum Gasteiger partial charge on any atom is 0.270 e. The molecule has 0 radical (unpaired) electrons. The largest absolute Gasteiger partial charge is 0.490 e. The molecule has 2 unspecified atom stereocenters. The molecule has 1 aromatic heterocycles. The second kappa shape index (κ2) is 8.36. The molecule has 1 spiro atoms. The first-order valence-electron chi connectivity index (χ1n) is 9.62. The number of halogens is 1. The van der Waals surface area contributed by atoms with E-state index in [-0.39, 0.29) is 23.6 Å². The summed E-state index contributed by atoms with van der Waals surface area (Å²) in [5.41, 5.74) is 7.20. The number of carbonyl (C=O) groups excluding carboxylic acids is 1. The van der Waals surface area contributed by atoms with Crippen LogP contribution in [-0.2, 0) is 5.54 Å². The van der Waals surface area contributed by atoms with Crippen molar-refractivity contribution in [3.8, 4) is 5.75 Å². The third-order valence-corrected chi connectivity index (χ3v) is 6.78. The first-order chi connectivity index (χ1) is 13.9. The minimum absolute atomic E-state index is 0.0156. The number of aliphatic imine (C=N–C) groups is 1. The summed E-state index contributed by atoms with van der Waals surface area (Å²) in [6.45, 7) is 2.01. The van der Waals surface area contributed by atoms with Crippen LogP contribution in [0.3, 0.4) is 0 Å². The standard InChI is InChI=1S/C21H23BrN4O2S/c1-13(25-19(27)17-4-2-3-9-24-17)5-7-15-11-21(12-29-20(23)26-21)16-10-14(22)6-8-18(16)28-15/h2-4,6,8-10,13,15H,5,7,11-12H2,1H3,(H2,23,26)(H,25,27)/t13?,15-,21?/m0/s1. The van der Waals surface area contributed by atoms with Crippen LogP contribution in [0, 0.1) is 0 Å². The van der Waals surface area contributed by atoms with Crippen molar-refractivity contribution >= 4 is 38.8 Å². The van der Waals surface area contributed by atoms with Gasteiger partial charge in [0.1, 0.15) is 23.1 Å². The van der Waals surface area contributed by atoms with E-state index in [1.54, 1.807) is 30.1 Å². The number of pyridine rings is 1. The van der Waals surface area contributed by atoms with Crippen molar-refractivity contribution in [1.82, 2.24) is 10.3 Å². The van der Waals surface area contributed by atoms with Gasteiger partial charge < -0.3 is 15.8 Å². The molecule has 0 saturated carbocycles. The molecule has 0 saturated heterocycles. The van der Waals surface area contributed by atoms with Crippen molar-refractivity contribution in [3.05, 3.63) is 58.3 Å². The molecule has 3 atom stereocenters. The molecule has 6 nitrogen and oxygen atoms in total. The third-order valence-electron chi connectivity index (χ3n) is 5.28. The minimum Gasteiger partial charge on any atom is -0.490 e. The van der Waals surface area contributed by atoms with Crippen LogP contribution < -0.4 is 15.8 Å². The highest BCUT2D eigenvalue weighted by molar-refractivity contribution is 9.10. The van der Waals surface area contributed by atoms with Gasteiger partial charge in [0.15, 0.2) is 5.17 Å². The number of thioether (sulfide) groups is 1. The number of hydrogen-bond acceptors (Lipinski definition) is 6. The molecule has 2 aromatic rings. The summed E-state index contributed by atoms with van der Waals surface area (Å²) in [4.78, 5) is 21.2. The number of amidine groups is 1. The van der Waals surface area contributed by atoms with E-state index in [1.165, 1.54) is 0 Å². The van der Waals surface area contributed by atoms with Gasteiger partial charge in [0.2, 0.25) is 0 Å². The van der Waals surface area contributed by atoms with Crippen LogP contribution in [0.1, 0.15) is 42.2 Å². The Labute approximate surface area is 182 Å². The SMILES string of the molecule is CC(CC[C@H]1CC2(CSC(N)=N2)c2cc(Br)ccc2O1)NC(=O)c1ccccn1. The molecular weight excluding hydrogens is 452 g/mol. The normalized spacial score (nSPS) is 23.8. The summed E-state index contributed by atoms with van der Waals surface area (Å²) in [6.07, 6.45) is 4.05. The van der Waals surface area contributed by atoms with Gasteiger partial charge in [0.05, 0.1) is 0 Å². The summed E-state index contributed by atoms with van der Waals surface area (Å²) < 4.78 is 7.29. The zero-order valence-corrected chi connectivity index (χ0v) is 18.5. The maximum absolute atomic E-state index is 12.3. The van der Waals surface area contributed by atoms with Gasteiger partial charge in [-0.1, -0.05) is 33.8 Å². The number of nitrogens with two attached hydrogens (primary N) is 1. The Hall–Kier alpha value is -2.06. The summed E-state index contributed by atoms with van der Waals surface area (Å²) in [7, 11) is 0. The van der Waals surface area contributed by atoms with Gasteiger partial charge in [0, 0.05) is 34.4 Å². The number of fused-ring (bicyclic) bond motifs is 2. The average molecular weight is 475 g/mol. The molecular formula is C21H23BrN4O2S. The highest BCUT2D eigenvalue weighted by atomic mass is 79.9. The van der Waals surface area contributed by atoms with E-state index in [0.717, 1.165) is 40.8 Å². The number of hydrogen-bond donors (Lipinski definition) is 2. The predicted molar refractivity (Wildman–Crippen MR) is 119 cm³/mol. The third kappa shape index (κ3) is 4.43. The van der Waals surface area contributed by atoms with E-state index in [0.29, 0.717) is 10.9 Å². The van der Waals surface area contributed by atoms with Crippen molar-refractivity contribution in [2.75, 3.05) is 5.75 Å². The summed E-state index contributed by atoms with van der Waals surface area (Å²) >= 11 is 5.15. The first-order valence-corrected chi connectivity index (χ1v) is 11.4. The fourth-order valence-electron chi connectivity index (χ4n) is 3.85. The zero-order chi connectivity index (χ0) is 20.4. The molecule has 2 aliphatic rings. The summed E-state index contributed by atoms with van der Waals surface area (Å²) in [6, 6.07) is 11.4. The van der Waals surface area contributed by atoms with E-state index >= 15 is 0 Å². The van der Waals surface area contributed by atoms with Crippen molar-refractivity contribution < 1.29 is 9.53 Å². The number of amides is 1. The fourth-order valence-corrected chi connectivity index (χ4v) is 5.18. The van der Waals surface area contributed by atoms with Gasteiger partial charge in [-0.15, -0.1) is 0 Å². The van der Waals surface area contributed by atoms with E-state index < -0.39 is 0 Å². The number of benzene rings is 1. The number of nitrogens with one attached hydrogen (secondary N) is 1. The zero-order valence-electron chi connectivity index (χ0n) is 16.1. The molecule has 152 valence electrons. The molecule has 29 heavy (non-hydrogen) atoms. The van der Waals surface area contributed by atoms with E-state index in [2.05, 4.69) is 32.3 Å². The summed E-state index contributed by atoms with van der Waals surface area (Å²) in [5.74, 6) is 1.54. The van der Waals surface area contributed by atoms with Gasteiger partial charge in [-0.3, -0.25) is 14.8 Å². The molecule has 1 aromatic carbocycles. The highest BCUT2D eigenvalue weighted by Gasteiger charge is 2.45. The Morgan fingerprint density at radius 3 is 3.03 bits per heavy atom. The molecule has 8 heteroatoms. The van der Waals surface area contributed by atoms with Gasteiger partial charge in [-0.05, 0) is 50.1 Å². The van der Waals surface area contributed by atoms with Crippen LogP contribution in [0.15, 0.2) is 52.1 Å². The monoisotopic (exact) mass is 474 g/mol. The Bertz CT molecular complexity index is 940. The minimum atomic E-state index is -0.336. The molecule has 3 N–H and O–H groups in total. The molecule has 0 aliphatic carbocycles. The molecule has 2 aliphatic heterocycles. The van der Waals surface area contributed by atoms with Crippen molar-refractivity contribution in [3.63, 3.8) is 0 Å². The van der Waals surface area contributed by atoms with E-state index in [1.807, 2.05) is 25.1 Å². The van der Waals surface area contributed by atoms with E-state index in [9.17, 15) is 4.79 Å². The highest BCUT2D eigenvalue weighted by Crippen LogP contribution is 2.48. The van der Waals surface area contributed by atoms with Crippen LogP contribution >= 0.6 is 27.7 Å². The molecule has 0 fully saturated rings. The maximum atomic E-state index is 12.3. The van der Waals surface area contributed by atoms with Gasteiger partial charge in [-0.25, -0.2) is 0 Å². The molecule has 1 amide bonds. The van der Waals surface area contributed by atoms with E-state index in [4.69, 9.17) is 15.5 Å². The number of rotatable bonds is 5. The number of nitrogens with zero attached hydrogens (tertiary/aromatic N) is 2. The topological polar surface area (TPSA) is 89.6 Å². The van der Waals surface area contributed by atoms with Gasteiger partial charge in [0.25, 0.3) is 5.91 Å². The fraction of sp³-hybridized carbons (Fsp3) is 0.381. The predicted octanol–water partition coefficient (Wildman–Crippen LogP) is 3.85. The van der Waals surface area contributed by atoms with Gasteiger partial charge in [-0.2, -0.15) is 0 Å². The lowest BCUT2D eigenvalue weighted by molar-refractivity contribution is 0.0917. The summed E-state index contributed by atoms with van der Waals surface area (Å²) in [5, 5.41) is 3.65. The number of ether oxygens (including phenoxy) is 1. The van der Waals surface area contributed by atoms with Crippen molar-refractivity contribution in [2.24, 2.45) is 10.7 Å². The quantitative estimate of drug-likeness (QED) is 0.686. The van der Waals surface area contributed by atoms with Crippen LogP contribution in [0.5, 0.6) is 5.75 Å². The van der Waals surface area contributed by atoms with Crippen LogP contribution in [0.2, 0.25) is 0 Å². The molecule has 0 bridgehead atoms. The molecule has 4 rings (SSSR count). The van der Waals surface area contributed by atoms with Crippen molar-refractivity contribution in [1.29, 1.82) is 0 Å². The second-order valence-corrected chi connectivity index (χ2v) is 9.43.